The predicted molar refractivity (Wildman–Crippen MR) is 109 cm³/mol. The smallest absolute Gasteiger partial charge is 0.118 e. The van der Waals surface area contributed by atoms with Gasteiger partial charge in [-0.05, 0) is 31.5 Å². The van der Waals surface area contributed by atoms with E-state index in [9.17, 15) is 0 Å². The topological polar surface area (TPSA) is 59.5 Å². The Kier molecular flexibility index (Phi) is 9.08. The van der Waals surface area contributed by atoms with Gasteiger partial charge in [0.05, 0.1) is 44.1 Å². The first-order valence-electron chi connectivity index (χ1n) is 8.24. The number of hydrogen-bond acceptors (Lipinski definition) is 6. The van der Waals surface area contributed by atoms with Crippen LogP contribution in [0.1, 0.15) is 12.6 Å². The minimum atomic E-state index is 0. The molecule has 8 heteroatoms. The molecule has 26 heavy (non-hydrogen) atoms. The van der Waals surface area contributed by atoms with Crippen molar-refractivity contribution >= 4 is 30.5 Å². The molecule has 1 aliphatic heterocycles. The molecule has 1 saturated heterocycles. The van der Waals surface area contributed by atoms with E-state index in [0.717, 1.165) is 54.6 Å². The molecule has 1 aromatic carbocycles. The molecular formula is C18H26Cl2N4O2. The summed E-state index contributed by atoms with van der Waals surface area (Å²) < 4.78 is 10.7. The van der Waals surface area contributed by atoms with E-state index in [1.54, 1.807) is 13.3 Å². The quantitative estimate of drug-likeness (QED) is 0.829. The van der Waals surface area contributed by atoms with Crippen molar-refractivity contribution in [2.24, 2.45) is 0 Å². The Hall–Kier alpha value is -1.60. The van der Waals surface area contributed by atoms with E-state index in [0.29, 0.717) is 0 Å². The fourth-order valence-corrected chi connectivity index (χ4v) is 3.00. The van der Waals surface area contributed by atoms with Crippen LogP contribution in [0.2, 0.25) is 0 Å². The Balaban J connectivity index is 0.00000169. The van der Waals surface area contributed by atoms with Crippen molar-refractivity contribution in [3.8, 4) is 16.9 Å². The van der Waals surface area contributed by atoms with E-state index in [1.807, 2.05) is 31.2 Å². The molecular weight excluding hydrogens is 375 g/mol. The van der Waals surface area contributed by atoms with E-state index in [2.05, 4.69) is 27.3 Å². The number of halogens is 2. The summed E-state index contributed by atoms with van der Waals surface area (Å²) in [7, 11) is 1.67. The molecule has 2 aromatic rings. The third-order valence-electron chi connectivity index (χ3n) is 4.36. The number of morpholine rings is 1. The third-order valence-corrected chi connectivity index (χ3v) is 4.36. The highest BCUT2D eigenvalue weighted by atomic mass is 35.5. The lowest BCUT2D eigenvalue weighted by Gasteiger charge is -2.33. The second kappa shape index (κ2) is 10.5. The van der Waals surface area contributed by atoms with Crippen LogP contribution in [0.4, 0.5) is 5.69 Å². The molecule has 0 radical (unpaired) electrons. The summed E-state index contributed by atoms with van der Waals surface area (Å²) in [6.07, 6.45) is 2.00. The van der Waals surface area contributed by atoms with Crippen LogP contribution >= 0.6 is 24.8 Å². The van der Waals surface area contributed by atoms with Crippen molar-refractivity contribution in [3.63, 3.8) is 0 Å². The fraction of sp³-hybridized carbons (Fsp3) is 0.444. The van der Waals surface area contributed by atoms with Gasteiger partial charge < -0.3 is 14.8 Å². The molecule has 3 rings (SSSR count). The maximum atomic E-state index is 5.43. The maximum absolute atomic E-state index is 5.43. The SMILES string of the molecule is COc1ccc(-c2c(NC(C)N3CCOCC3)cnnc2C)cc1.Cl.Cl. The second-order valence-electron chi connectivity index (χ2n) is 5.92. The molecule has 6 nitrogen and oxygen atoms in total. The molecule has 0 amide bonds. The fourth-order valence-electron chi connectivity index (χ4n) is 3.00. The van der Waals surface area contributed by atoms with Gasteiger partial charge in [0.25, 0.3) is 0 Å². The van der Waals surface area contributed by atoms with Crippen molar-refractivity contribution in [3.05, 3.63) is 36.2 Å². The van der Waals surface area contributed by atoms with Gasteiger partial charge in [-0.25, -0.2) is 0 Å². The standard InChI is InChI=1S/C18H24N4O2.2ClH/c1-13-18(15-4-6-16(23-3)7-5-15)17(12-19-21-13)20-14(2)22-8-10-24-11-9-22;;/h4-7,12,14H,8-11H2,1-3H3,(H,20,21);2*1H. The summed E-state index contributed by atoms with van der Waals surface area (Å²) in [6, 6.07) is 8.02. The number of benzene rings is 1. The summed E-state index contributed by atoms with van der Waals surface area (Å²) in [4.78, 5) is 2.37. The minimum Gasteiger partial charge on any atom is -0.497 e. The Morgan fingerprint density at radius 3 is 2.42 bits per heavy atom. The van der Waals surface area contributed by atoms with Crippen LogP contribution < -0.4 is 10.1 Å². The number of aryl methyl sites for hydroxylation is 1. The van der Waals surface area contributed by atoms with Crippen LogP contribution in [-0.4, -0.2) is 54.7 Å². The molecule has 144 valence electrons. The van der Waals surface area contributed by atoms with Crippen molar-refractivity contribution in [1.82, 2.24) is 15.1 Å². The minimum absolute atomic E-state index is 0. The lowest BCUT2D eigenvalue weighted by atomic mass is 10.0. The summed E-state index contributed by atoms with van der Waals surface area (Å²) in [5.74, 6) is 0.842. The van der Waals surface area contributed by atoms with E-state index < -0.39 is 0 Å². The third kappa shape index (κ3) is 5.20. The predicted octanol–water partition coefficient (Wildman–Crippen LogP) is 3.39. The lowest BCUT2D eigenvalue weighted by Crippen LogP contribution is -2.45. The summed E-state index contributed by atoms with van der Waals surface area (Å²) in [6.45, 7) is 7.58. The van der Waals surface area contributed by atoms with Gasteiger partial charge in [0.1, 0.15) is 5.75 Å². The lowest BCUT2D eigenvalue weighted by molar-refractivity contribution is 0.0254. The molecule has 0 saturated carbocycles. The molecule has 0 aliphatic carbocycles. The average molecular weight is 401 g/mol. The van der Waals surface area contributed by atoms with Gasteiger partial charge in [0, 0.05) is 18.7 Å². The van der Waals surface area contributed by atoms with Crippen molar-refractivity contribution in [2.75, 3.05) is 38.7 Å². The highest BCUT2D eigenvalue weighted by Gasteiger charge is 2.19. The number of aromatic nitrogens is 2. The van der Waals surface area contributed by atoms with Gasteiger partial charge >= 0.3 is 0 Å². The van der Waals surface area contributed by atoms with Gasteiger partial charge in [-0.3, -0.25) is 4.90 Å². The Labute approximate surface area is 167 Å². The molecule has 1 N–H and O–H groups in total. The zero-order chi connectivity index (χ0) is 16.9. The highest BCUT2D eigenvalue weighted by molar-refractivity contribution is 5.85. The number of nitrogens with zero attached hydrogens (tertiary/aromatic N) is 3. The number of hydrogen-bond donors (Lipinski definition) is 1. The molecule has 1 aromatic heterocycles. The molecule has 0 bridgehead atoms. The van der Waals surface area contributed by atoms with E-state index >= 15 is 0 Å². The Bertz CT molecular complexity index is 679. The molecule has 2 heterocycles. The van der Waals surface area contributed by atoms with Gasteiger partial charge in [0.15, 0.2) is 0 Å². The van der Waals surface area contributed by atoms with E-state index in [4.69, 9.17) is 9.47 Å². The van der Waals surface area contributed by atoms with Crippen LogP contribution in [0.25, 0.3) is 11.1 Å². The molecule has 1 aliphatic rings. The second-order valence-corrected chi connectivity index (χ2v) is 5.92. The highest BCUT2D eigenvalue weighted by Crippen LogP contribution is 2.31. The van der Waals surface area contributed by atoms with Crippen LogP contribution in [0.15, 0.2) is 30.5 Å². The van der Waals surface area contributed by atoms with Crippen LogP contribution in [-0.2, 0) is 4.74 Å². The number of anilines is 1. The van der Waals surface area contributed by atoms with E-state index in [-0.39, 0.29) is 31.0 Å². The first-order valence-corrected chi connectivity index (χ1v) is 8.24. The van der Waals surface area contributed by atoms with Crippen molar-refractivity contribution in [1.29, 1.82) is 0 Å². The largest absolute Gasteiger partial charge is 0.497 e. The maximum Gasteiger partial charge on any atom is 0.118 e. The summed E-state index contributed by atoms with van der Waals surface area (Å²) in [5, 5.41) is 11.9. The van der Waals surface area contributed by atoms with Crippen LogP contribution in [0.3, 0.4) is 0 Å². The zero-order valence-electron chi connectivity index (χ0n) is 15.3. The molecule has 0 spiro atoms. The summed E-state index contributed by atoms with van der Waals surface area (Å²) >= 11 is 0. The molecule has 1 fully saturated rings. The van der Waals surface area contributed by atoms with Crippen LogP contribution in [0, 0.1) is 6.92 Å². The summed E-state index contributed by atoms with van der Waals surface area (Å²) in [5.41, 5.74) is 4.07. The number of methoxy groups -OCH3 is 1. The number of ether oxygens (including phenoxy) is 2. The molecule has 1 unspecified atom stereocenters. The van der Waals surface area contributed by atoms with Crippen LogP contribution in [0.5, 0.6) is 5.75 Å². The number of rotatable bonds is 5. The normalized spacial score (nSPS) is 15.3. The van der Waals surface area contributed by atoms with Gasteiger partial charge in [0.2, 0.25) is 0 Å². The van der Waals surface area contributed by atoms with Gasteiger partial charge in [-0.15, -0.1) is 24.8 Å². The monoisotopic (exact) mass is 400 g/mol. The first kappa shape index (κ1) is 22.4. The zero-order valence-corrected chi connectivity index (χ0v) is 16.9. The first-order chi connectivity index (χ1) is 11.7. The number of nitrogens with one attached hydrogen (secondary N) is 1. The van der Waals surface area contributed by atoms with E-state index in [1.165, 1.54) is 0 Å². The Morgan fingerprint density at radius 2 is 1.81 bits per heavy atom. The van der Waals surface area contributed by atoms with Gasteiger partial charge in [-0.2, -0.15) is 10.2 Å². The van der Waals surface area contributed by atoms with Gasteiger partial charge in [-0.1, -0.05) is 12.1 Å². The average Bonchev–Trinajstić information content (AvgIpc) is 2.63. The Morgan fingerprint density at radius 1 is 1.15 bits per heavy atom. The van der Waals surface area contributed by atoms with Crippen molar-refractivity contribution in [2.45, 2.75) is 20.0 Å². The molecule has 1 atom stereocenters. The van der Waals surface area contributed by atoms with Crippen molar-refractivity contribution < 1.29 is 9.47 Å².